The SMILES string of the molecule is C=CCN(CC)Cc1cc(C)c(CNCCC)o1. The molecule has 0 aliphatic carbocycles. The average Bonchev–Trinajstić information content (AvgIpc) is 2.70. The molecule has 1 heterocycles. The number of furan rings is 1. The molecule has 3 nitrogen and oxygen atoms in total. The molecule has 0 radical (unpaired) electrons. The lowest BCUT2D eigenvalue weighted by molar-refractivity contribution is 0.277. The molecule has 0 spiro atoms. The van der Waals surface area contributed by atoms with Gasteiger partial charge in [-0.05, 0) is 38.1 Å². The lowest BCUT2D eigenvalue weighted by Gasteiger charge is -2.16. The fourth-order valence-electron chi connectivity index (χ4n) is 1.93. The Labute approximate surface area is 111 Å². The summed E-state index contributed by atoms with van der Waals surface area (Å²) in [6.45, 7) is 14.8. The summed E-state index contributed by atoms with van der Waals surface area (Å²) in [5.41, 5.74) is 1.24. The normalized spacial score (nSPS) is 11.1. The highest BCUT2D eigenvalue weighted by Crippen LogP contribution is 2.16. The van der Waals surface area contributed by atoms with Gasteiger partial charge in [-0.3, -0.25) is 4.90 Å². The van der Waals surface area contributed by atoms with E-state index in [9.17, 15) is 0 Å². The Balaban J connectivity index is 2.56. The molecule has 1 N–H and O–H groups in total. The van der Waals surface area contributed by atoms with Crippen molar-refractivity contribution in [2.45, 2.75) is 40.3 Å². The molecule has 0 aliphatic rings. The maximum Gasteiger partial charge on any atom is 0.120 e. The lowest BCUT2D eigenvalue weighted by atomic mass is 10.2. The molecule has 3 heteroatoms. The standard InChI is InChI=1S/C15H26N2O/c1-5-8-16-11-15-13(4)10-14(18-15)12-17(7-3)9-6-2/h6,10,16H,2,5,7-9,11-12H2,1,3-4H3. The van der Waals surface area contributed by atoms with Gasteiger partial charge in [0.1, 0.15) is 11.5 Å². The highest BCUT2D eigenvalue weighted by Gasteiger charge is 2.09. The molecule has 0 unspecified atom stereocenters. The molecule has 0 bridgehead atoms. The van der Waals surface area contributed by atoms with Crippen molar-refractivity contribution in [2.75, 3.05) is 19.6 Å². The van der Waals surface area contributed by atoms with E-state index in [2.05, 4.69) is 43.6 Å². The second kappa shape index (κ2) is 8.11. The van der Waals surface area contributed by atoms with Crippen molar-refractivity contribution < 1.29 is 4.42 Å². The molecule has 0 aromatic carbocycles. The van der Waals surface area contributed by atoms with Crippen LogP contribution in [-0.2, 0) is 13.1 Å². The first kappa shape index (κ1) is 15.0. The fourth-order valence-corrected chi connectivity index (χ4v) is 1.93. The van der Waals surface area contributed by atoms with E-state index in [-0.39, 0.29) is 0 Å². The number of rotatable bonds is 9. The van der Waals surface area contributed by atoms with Gasteiger partial charge in [0.05, 0.1) is 13.1 Å². The number of likely N-dealkylation sites (N-methyl/N-ethyl adjacent to an activating group) is 1. The maximum atomic E-state index is 5.90. The Bertz CT molecular complexity index is 357. The second-order valence-corrected chi connectivity index (χ2v) is 4.61. The summed E-state index contributed by atoms with van der Waals surface area (Å²) in [7, 11) is 0. The van der Waals surface area contributed by atoms with Crippen molar-refractivity contribution >= 4 is 0 Å². The molecule has 1 aromatic rings. The molecular weight excluding hydrogens is 224 g/mol. The number of nitrogens with zero attached hydrogens (tertiary/aromatic N) is 1. The van der Waals surface area contributed by atoms with E-state index in [4.69, 9.17) is 4.42 Å². The Kier molecular flexibility index (Phi) is 6.76. The largest absolute Gasteiger partial charge is 0.463 e. The van der Waals surface area contributed by atoms with Gasteiger partial charge in [0, 0.05) is 6.54 Å². The summed E-state index contributed by atoms with van der Waals surface area (Å²) in [5, 5.41) is 3.37. The average molecular weight is 250 g/mol. The van der Waals surface area contributed by atoms with Gasteiger partial charge in [-0.25, -0.2) is 0 Å². The van der Waals surface area contributed by atoms with Gasteiger partial charge in [-0.15, -0.1) is 6.58 Å². The molecular formula is C15H26N2O. The molecule has 0 atom stereocenters. The zero-order valence-corrected chi connectivity index (χ0v) is 12.0. The molecule has 1 rings (SSSR count). The summed E-state index contributed by atoms with van der Waals surface area (Å²) in [6, 6.07) is 2.15. The molecule has 1 aromatic heterocycles. The van der Waals surface area contributed by atoms with Crippen LogP contribution in [0.4, 0.5) is 0 Å². The van der Waals surface area contributed by atoms with Crippen LogP contribution in [0.1, 0.15) is 37.4 Å². The highest BCUT2D eigenvalue weighted by molar-refractivity contribution is 5.20. The number of hydrogen-bond donors (Lipinski definition) is 1. The molecule has 0 amide bonds. The summed E-state index contributed by atoms with van der Waals surface area (Å²) in [4.78, 5) is 2.30. The molecule has 0 aliphatic heterocycles. The van der Waals surface area contributed by atoms with Crippen LogP contribution in [0.2, 0.25) is 0 Å². The molecule has 0 saturated carbocycles. The Morgan fingerprint density at radius 1 is 1.44 bits per heavy atom. The predicted octanol–water partition coefficient (Wildman–Crippen LogP) is 3.10. The molecule has 102 valence electrons. The minimum atomic E-state index is 0.827. The first-order chi connectivity index (χ1) is 8.71. The van der Waals surface area contributed by atoms with E-state index in [1.807, 2.05) is 6.08 Å². The van der Waals surface area contributed by atoms with Crippen molar-refractivity contribution in [3.8, 4) is 0 Å². The van der Waals surface area contributed by atoms with Gasteiger partial charge in [0.2, 0.25) is 0 Å². The van der Waals surface area contributed by atoms with E-state index in [1.165, 1.54) is 5.56 Å². The van der Waals surface area contributed by atoms with Gasteiger partial charge in [-0.1, -0.05) is 19.9 Å². The van der Waals surface area contributed by atoms with E-state index < -0.39 is 0 Å². The quantitative estimate of drug-likeness (QED) is 0.539. The fraction of sp³-hybridized carbons (Fsp3) is 0.600. The van der Waals surface area contributed by atoms with Crippen LogP contribution in [0.5, 0.6) is 0 Å². The van der Waals surface area contributed by atoms with Crippen LogP contribution in [-0.4, -0.2) is 24.5 Å². The van der Waals surface area contributed by atoms with Gasteiger partial charge < -0.3 is 9.73 Å². The number of hydrogen-bond acceptors (Lipinski definition) is 3. The molecule has 0 saturated heterocycles. The Morgan fingerprint density at radius 2 is 2.22 bits per heavy atom. The summed E-state index contributed by atoms with van der Waals surface area (Å²) in [6.07, 6.45) is 3.08. The minimum absolute atomic E-state index is 0.827. The van der Waals surface area contributed by atoms with Crippen molar-refractivity contribution in [2.24, 2.45) is 0 Å². The van der Waals surface area contributed by atoms with Crippen LogP contribution in [0.25, 0.3) is 0 Å². The van der Waals surface area contributed by atoms with Crippen LogP contribution in [0.3, 0.4) is 0 Å². The van der Waals surface area contributed by atoms with E-state index in [0.29, 0.717) is 0 Å². The maximum absolute atomic E-state index is 5.90. The first-order valence-corrected chi connectivity index (χ1v) is 6.83. The Morgan fingerprint density at radius 3 is 2.83 bits per heavy atom. The van der Waals surface area contributed by atoms with Crippen LogP contribution in [0.15, 0.2) is 23.1 Å². The summed E-state index contributed by atoms with van der Waals surface area (Å²) >= 11 is 0. The number of aryl methyl sites for hydroxylation is 1. The molecule has 0 fully saturated rings. The third-order valence-corrected chi connectivity index (χ3v) is 3.00. The highest BCUT2D eigenvalue weighted by atomic mass is 16.3. The third-order valence-electron chi connectivity index (χ3n) is 3.00. The first-order valence-electron chi connectivity index (χ1n) is 6.83. The summed E-state index contributed by atoms with van der Waals surface area (Å²) in [5.74, 6) is 2.11. The monoisotopic (exact) mass is 250 g/mol. The predicted molar refractivity (Wildman–Crippen MR) is 76.6 cm³/mol. The van der Waals surface area contributed by atoms with Gasteiger partial charge in [0.15, 0.2) is 0 Å². The van der Waals surface area contributed by atoms with E-state index >= 15 is 0 Å². The molecule has 18 heavy (non-hydrogen) atoms. The topological polar surface area (TPSA) is 28.4 Å². The van der Waals surface area contributed by atoms with Gasteiger partial charge in [0.25, 0.3) is 0 Å². The minimum Gasteiger partial charge on any atom is -0.463 e. The van der Waals surface area contributed by atoms with Crippen LogP contribution < -0.4 is 5.32 Å². The van der Waals surface area contributed by atoms with Crippen LogP contribution >= 0.6 is 0 Å². The van der Waals surface area contributed by atoms with Gasteiger partial charge in [-0.2, -0.15) is 0 Å². The lowest BCUT2D eigenvalue weighted by Crippen LogP contribution is -2.22. The van der Waals surface area contributed by atoms with E-state index in [0.717, 1.165) is 50.7 Å². The van der Waals surface area contributed by atoms with Crippen molar-refractivity contribution in [3.05, 3.63) is 35.8 Å². The van der Waals surface area contributed by atoms with Crippen molar-refractivity contribution in [3.63, 3.8) is 0 Å². The zero-order valence-electron chi connectivity index (χ0n) is 12.0. The van der Waals surface area contributed by atoms with Gasteiger partial charge >= 0.3 is 0 Å². The number of nitrogens with one attached hydrogen (secondary N) is 1. The zero-order chi connectivity index (χ0) is 13.4. The van der Waals surface area contributed by atoms with Crippen molar-refractivity contribution in [1.82, 2.24) is 10.2 Å². The smallest absolute Gasteiger partial charge is 0.120 e. The third kappa shape index (κ3) is 4.67. The summed E-state index contributed by atoms with van der Waals surface area (Å²) < 4.78 is 5.90. The Hall–Kier alpha value is -1.06. The van der Waals surface area contributed by atoms with Crippen LogP contribution in [0, 0.1) is 6.92 Å². The second-order valence-electron chi connectivity index (χ2n) is 4.61. The van der Waals surface area contributed by atoms with E-state index in [1.54, 1.807) is 0 Å². The van der Waals surface area contributed by atoms with Crippen molar-refractivity contribution in [1.29, 1.82) is 0 Å².